The molecule has 0 aromatic rings. The van der Waals surface area contributed by atoms with Gasteiger partial charge in [0.1, 0.15) is 0 Å². The van der Waals surface area contributed by atoms with Crippen molar-refractivity contribution in [3.63, 3.8) is 0 Å². The smallest absolute Gasteiger partial charge is 0.748 e. The summed E-state index contributed by atoms with van der Waals surface area (Å²) in [5.41, 5.74) is 0. The van der Waals surface area contributed by atoms with Gasteiger partial charge in [0, 0.05) is 5.25 Å². The Balaban J connectivity index is 0. The van der Waals surface area contributed by atoms with Crippen molar-refractivity contribution in [2.24, 2.45) is 0 Å². The summed E-state index contributed by atoms with van der Waals surface area (Å²) in [5, 5.41) is 8.73. The van der Waals surface area contributed by atoms with Gasteiger partial charge in [-0.25, -0.2) is 8.42 Å². The first-order valence-electron chi connectivity index (χ1n) is 9.54. The van der Waals surface area contributed by atoms with Crippen molar-refractivity contribution in [3.8, 4) is 0 Å². The summed E-state index contributed by atoms with van der Waals surface area (Å²) in [7, 11) is -4.21. The van der Waals surface area contributed by atoms with Crippen molar-refractivity contribution in [1.82, 2.24) is 0 Å². The second kappa shape index (κ2) is 17.9. The summed E-state index contributed by atoms with van der Waals surface area (Å²) < 4.78 is 34.0. The number of hydrogen-bond acceptors (Lipinski definition) is 4. The third kappa shape index (κ3) is 16.9. The standard InChI is InChI=1S/C18H38O4S.K/c1-3-5-6-7-8-9-10-11-12-15-18(23(20,21)22)16-13-14-17(19)4-2;/h17-19H,3-16H2,1-2H3,(H,20,21,22);/q;+1/p-1. The van der Waals surface area contributed by atoms with Crippen LogP contribution in [0.4, 0.5) is 0 Å². The topological polar surface area (TPSA) is 77.4 Å². The van der Waals surface area contributed by atoms with Crippen LogP contribution in [0.25, 0.3) is 0 Å². The van der Waals surface area contributed by atoms with Gasteiger partial charge in [-0.15, -0.1) is 0 Å². The zero-order chi connectivity index (χ0) is 17.6. The van der Waals surface area contributed by atoms with Crippen LogP contribution >= 0.6 is 0 Å². The molecule has 140 valence electrons. The van der Waals surface area contributed by atoms with Crippen molar-refractivity contribution in [2.75, 3.05) is 0 Å². The van der Waals surface area contributed by atoms with E-state index in [4.69, 9.17) is 0 Å². The number of aliphatic hydroxyl groups is 1. The van der Waals surface area contributed by atoms with Gasteiger partial charge in [0.15, 0.2) is 0 Å². The largest absolute Gasteiger partial charge is 1.00 e. The monoisotopic (exact) mass is 388 g/mol. The van der Waals surface area contributed by atoms with Crippen LogP contribution in [-0.2, 0) is 10.1 Å². The van der Waals surface area contributed by atoms with Gasteiger partial charge < -0.3 is 9.66 Å². The van der Waals surface area contributed by atoms with E-state index in [9.17, 15) is 18.1 Å². The van der Waals surface area contributed by atoms with Crippen LogP contribution in [0.2, 0.25) is 0 Å². The Morgan fingerprint density at radius 2 is 1.25 bits per heavy atom. The molecule has 1 N–H and O–H groups in total. The summed E-state index contributed by atoms with van der Waals surface area (Å²) in [6, 6.07) is 0. The Labute approximate surface area is 192 Å². The normalized spacial score (nSPS) is 14.2. The maximum atomic E-state index is 11.3. The summed E-state index contributed by atoms with van der Waals surface area (Å²) >= 11 is 0. The quantitative estimate of drug-likeness (QED) is 0.248. The van der Waals surface area contributed by atoms with Gasteiger partial charge in [-0.1, -0.05) is 71.6 Å². The molecule has 24 heavy (non-hydrogen) atoms. The van der Waals surface area contributed by atoms with Crippen molar-refractivity contribution < 1.29 is 69.5 Å². The fraction of sp³-hybridized carbons (Fsp3) is 1.00. The molecule has 0 saturated carbocycles. The van der Waals surface area contributed by atoms with E-state index in [0.717, 1.165) is 19.3 Å². The van der Waals surface area contributed by atoms with Gasteiger partial charge in [0.05, 0.1) is 16.2 Å². The van der Waals surface area contributed by atoms with Crippen LogP contribution in [0.3, 0.4) is 0 Å². The van der Waals surface area contributed by atoms with Crippen LogP contribution in [0.15, 0.2) is 0 Å². The predicted molar refractivity (Wildman–Crippen MR) is 95.5 cm³/mol. The predicted octanol–water partition coefficient (Wildman–Crippen LogP) is 1.77. The van der Waals surface area contributed by atoms with E-state index in [2.05, 4.69) is 6.92 Å². The summed E-state index contributed by atoms with van der Waals surface area (Å²) in [5.74, 6) is 0. The molecule has 0 aromatic heterocycles. The van der Waals surface area contributed by atoms with Gasteiger partial charge in [-0.05, 0) is 32.1 Å². The third-order valence-corrected chi connectivity index (χ3v) is 5.86. The Hall–Kier alpha value is 1.51. The molecule has 0 aliphatic heterocycles. The van der Waals surface area contributed by atoms with Crippen molar-refractivity contribution in [3.05, 3.63) is 0 Å². The molecule has 0 aromatic carbocycles. The summed E-state index contributed by atoms with van der Waals surface area (Å²) in [6.45, 7) is 4.11. The molecule has 0 bridgehead atoms. The van der Waals surface area contributed by atoms with Gasteiger partial charge in [0.25, 0.3) is 0 Å². The Kier molecular flexibility index (Phi) is 20.7. The maximum absolute atomic E-state index is 11.3. The molecule has 0 spiro atoms. The second-order valence-corrected chi connectivity index (χ2v) is 8.38. The first-order chi connectivity index (χ1) is 10.9. The van der Waals surface area contributed by atoms with E-state index in [1.165, 1.54) is 38.5 Å². The molecule has 0 rings (SSSR count). The van der Waals surface area contributed by atoms with Crippen molar-refractivity contribution in [1.29, 1.82) is 0 Å². The molecule has 0 fully saturated rings. The van der Waals surface area contributed by atoms with E-state index in [1.807, 2.05) is 6.92 Å². The van der Waals surface area contributed by atoms with E-state index in [1.54, 1.807) is 0 Å². The molecule has 2 atom stereocenters. The number of hydrogen-bond donors (Lipinski definition) is 1. The molecule has 4 nitrogen and oxygen atoms in total. The van der Waals surface area contributed by atoms with Crippen molar-refractivity contribution in [2.45, 2.75) is 115 Å². The molecular weight excluding hydrogens is 351 g/mol. The minimum atomic E-state index is -4.21. The fourth-order valence-corrected chi connectivity index (χ4v) is 3.81. The molecule has 0 heterocycles. The number of rotatable bonds is 16. The maximum Gasteiger partial charge on any atom is 1.00 e. The molecule has 0 aliphatic carbocycles. The van der Waals surface area contributed by atoms with Gasteiger partial charge in [-0.2, -0.15) is 0 Å². The van der Waals surface area contributed by atoms with E-state index in [-0.39, 0.29) is 57.5 Å². The second-order valence-electron chi connectivity index (χ2n) is 6.72. The van der Waals surface area contributed by atoms with Gasteiger partial charge in [0.2, 0.25) is 0 Å². The zero-order valence-corrected chi connectivity index (χ0v) is 20.1. The molecule has 0 radical (unpaired) electrons. The Morgan fingerprint density at radius 3 is 1.71 bits per heavy atom. The molecule has 0 amide bonds. The van der Waals surface area contributed by atoms with Crippen LogP contribution in [0.5, 0.6) is 0 Å². The SMILES string of the molecule is CCCCCCCCCCCC(CCCC(O)CC)S(=O)(=O)[O-].[K+]. The van der Waals surface area contributed by atoms with Gasteiger partial charge >= 0.3 is 51.4 Å². The average Bonchev–Trinajstić information content (AvgIpc) is 2.50. The van der Waals surface area contributed by atoms with Crippen LogP contribution in [-0.4, -0.2) is 29.4 Å². The zero-order valence-electron chi connectivity index (χ0n) is 16.1. The first-order valence-corrected chi connectivity index (χ1v) is 11.0. The van der Waals surface area contributed by atoms with Gasteiger partial charge in [-0.3, -0.25) is 0 Å². The van der Waals surface area contributed by atoms with Crippen LogP contribution in [0.1, 0.15) is 104 Å². The minimum Gasteiger partial charge on any atom is -0.748 e. The summed E-state index contributed by atoms with van der Waals surface area (Å²) in [6.07, 6.45) is 13.0. The molecule has 0 aliphatic rings. The van der Waals surface area contributed by atoms with E-state index < -0.39 is 15.4 Å². The Morgan fingerprint density at radius 1 is 0.792 bits per heavy atom. The van der Waals surface area contributed by atoms with E-state index >= 15 is 0 Å². The average molecular weight is 389 g/mol. The number of aliphatic hydroxyl groups excluding tert-OH is 1. The third-order valence-electron chi connectivity index (χ3n) is 4.57. The van der Waals surface area contributed by atoms with Crippen LogP contribution < -0.4 is 51.4 Å². The molecule has 2 unspecified atom stereocenters. The van der Waals surface area contributed by atoms with Crippen LogP contribution in [0, 0.1) is 0 Å². The first kappa shape index (κ1) is 27.7. The molecule has 0 saturated heterocycles. The summed E-state index contributed by atoms with van der Waals surface area (Å²) in [4.78, 5) is 0. The minimum absolute atomic E-state index is 0. The van der Waals surface area contributed by atoms with E-state index in [0.29, 0.717) is 32.1 Å². The molecular formula is C18H37KO4S. The number of unbranched alkanes of at least 4 members (excludes halogenated alkanes) is 8. The molecule has 6 heteroatoms. The fourth-order valence-electron chi connectivity index (χ4n) is 2.90. The Bertz CT molecular complexity index is 360. The van der Waals surface area contributed by atoms with Crippen molar-refractivity contribution >= 4 is 10.1 Å².